The van der Waals surface area contributed by atoms with E-state index in [0.29, 0.717) is 12.5 Å². The molecule has 1 fully saturated rings. The average Bonchev–Trinajstić information content (AvgIpc) is 3.11. The van der Waals surface area contributed by atoms with E-state index in [1.807, 2.05) is 6.07 Å². The standard InChI is InChI=1S/C15H22ClNO/c1-10(2)13-7-12(5-6-17)15(14(16)8-13)18-9-11-3-4-11/h7-8,10-11H,3-6,9,17H2,1-2H3. The number of rotatable bonds is 6. The minimum atomic E-state index is 0.469. The molecule has 0 aliphatic heterocycles. The monoisotopic (exact) mass is 267 g/mol. The Morgan fingerprint density at radius 1 is 1.39 bits per heavy atom. The van der Waals surface area contributed by atoms with Gasteiger partial charge in [-0.25, -0.2) is 0 Å². The van der Waals surface area contributed by atoms with Crippen molar-refractivity contribution in [3.05, 3.63) is 28.3 Å². The van der Waals surface area contributed by atoms with Crippen molar-refractivity contribution in [2.24, 2.45) is 11.7 Å². The number of halogens is 1. The molecule has 3 heteroatoms. The molecule has 0 spiro atoms. The van der Waals surface area contributed by atoms with E-state index < -0.39 is 0 Å². The molecule has 1 aliphatic carbocycles. The Hall–Kier alpha value is -0.730. The van der Waals surface area contributed by atoms with Crippen molar-refractivity contribution in [1.82, 2.24) is 0 Å². The Balaban J connectivity index is 2.23. The van der Waals surface area contributed by atoms with Crippen LogP contribution in [-0.2, 0) is 6.42 Å². The van der Waals surface area contributed by atoms with Crippen LogP contribution in [0.1, 0.15) is 43.7 Å². The Labute approximate surface area is 114 Å². The molecule has 1 saturated carbocycles. The van der Waals surface area contributed by atoms with Gasteiger partial charge in [-0.15, -0.1) is 0 Å². The quantitative estimate of drug-likeness (QED) is 0.852. The summed E-state index contributed by atoms with van der Waals surface area (Å²) < 4.78 is 5.89. The van der Waals surface area contributed by atoms with Gasteiger partial charge in [-0.1, -0.05) is 31.5 Å². The lowest BCUT2D eigenvalue weighted by Crippen LogP contribution is -2.08. The van der Waals surface area contributed by atoms with E-state index in [2.05, 4.69) is 19.9 Å². The lowest BCUT2D eigenvalue weighted by Gasteiger charge is -2.16. The summed E-state index contributed by atoms with van der Waals surface area (Å²) in [6.45, 7) is 5.75. The predicted octanol–water partition coefficient (Wildman–Crippen LogP) is 3.75. The molecule has 1 aromatic carbocycles. The van der Waals surface area contributed by atoms with Crippen LogP contribution in [-0.4, -0.2) is 13.2 Å². The van der Waals surface area contributed by atoms with Gasteiger partial charge in [-0.3, -0.25) is 0 Å². The topological polar surface area (TPSA) is 35.2 Å². The van der Waals surface area contributed by atoms with Crippen LogP contribution < -0.4 is 10.5 Å². The molecule has 2 N–H and O–H groups in total. The second kappa shape index (κ2) is 5.94. The molecule has 0 unspecified atom stereocenters. The Bertz CT molecular complexity index is 413. The summed E-state index contributed by atoms with van der Waals surface area (Å²) in [5, 5.41) is 0.727. The van der Waals surface area contributed by atoms with Crippen LogP contribution in [0.25, 0.3) is 0 Å². The Kier molecular flexibility index (Phi) is 4.52. The highest BCUT2D eigenvalue weighted by molar-refractivity contribution is 6.32. The van der Waals surface area contributed by atoms with Gasteiger partial charge in [0.15, 0.2) is 0 Å². The van der Waals surface area contributed by atoms with Crippen LogP contribution in [0.2, 0.25) is 5.02 Å². The molecular weight excluding hydrogens is 246 g/mol. The largest absolute Gasteiger partial charge is 0.491 e. The summed E-state index contributed by atoms with van der Waals surface area (Å²) in [4.78, 5) is 0. The van der Waals surface area contributed by atoms with E-state index in [1.165, 1.54) is 18.4 Å². The summed E-state index contributed by atoms with van der Waals surface area (Å²) in [5.74, 6) is 2.05. The van der Waals surface area contributed by atoms with Crippen molar-refractivity contribution < 1.29 is 4.74 Å². The molecule has 0 amide bonds. The Morgan fingerprint density at radius 3 is 2.67 bits per heavy atom. The minimum Gasteiger partial charge on any atom is -0.491 e. The van der Waals surface area contributed by atoms with E-state index in [1.54, 1.807) is 0 Å². The van der Waals surface area contributed by atoms with E-state index >= 15 is 0 Å². The highest BCUT2D eigenvalue weighted by atomic mass is 35.5. The molecule has 0 aromatic heterocycles. The van der Waals surface area contributed by atoms with E-state index in [0.717, 1.165) is 35.3 Å². The first-order chi connectivity index (χ1) is 8.61. The zero-order valence-corrected chi connectivity index (χ0v) is 12.0. The minimum absolute atomic E-state index is 0.469. The Morgan fingerprint density at radius 2 is 2.11 bits per heavy atom. The summed E-state index contributed by atoms with van der Waals surface area (Å²) in [5.41, 5.74) is 8.07. The van der Waals surface area contributed by atoms with Crippen molar-refractivity contribution in [3.63, 3.8) is 0 Å². The number of ether oxygens (including phenoxy) is 1. The van der Waals surface area contributed by atoms with E-state index in [-0.39, 0.29) is 0 Å². The molecule has 0 heterocycles. The van der Waals surface area contributed by atoms with E-state index in [9.17, 15) is 0 Å². The molecule has 0 radical (unpaired) electrons. The molecule has 1 aliphatic rings. The summed E-state index contributed by atoms with van der Waals surface area (Å²) >= 11 is 6.35. The fraction of sp³-hybridized carbons (Fsp3) is 0.600. The van der Waals surface area contributed by atoms with E-state index in [4.69, 9.17) is 22.1 Å². The third kappa shape index (κ3) is 3.39. The summed E-state index contributed by atoms with van der Waals surface area (Å²) in [6.07, 6.45) is 3.39. The number of nitrogens with two attached hydrogens (primary N) is 1. The van der Waals surface area contributed by atoms with Gasteiger partial charge < -0.3 is 10.5 Å². The van der Waals surface area contributed by atoms with Crippen LogP contribution in [0, 0.1) is 5.92 Å². The van der Waals surface area contributed by atoms with Crippen molar-refractivity contribution in [2.45, 2.75) is 39.0 Å². The van der Waals surface area contributed by atoms with Crippen molar-refractivity contribution >= 4 is 11.6 Å². The first-order valence-corrected chi connectivity index (χ1v) is 7.14. The highest BCUT2D eigenvalue weighted by Crippen LogP contribution is 2.36. The molecule has 2 nitrogen and oxygen atoms in total. The average molecular weight is 268 g/mol. The van der Waals surface area contributed by atoms with Gasteiger partial charge in [-0.05, 0) is 54.8 Å². The fourth-order valence-corrected chi connectivity index (χ4v) is 2.30. The molecular formula is C15H22ClNO. The molecule has 0 atom stereocenters. The zero-order chi connectivity index (χ0) is 13.1. The van der Waals surface area contributed by atoms with Crippen LogP contribution in [0.3, 0.4) is 0 Å². The molecule has 0 bridgehead atoms. The number of hydrogen-bond acceptors (Lipinski definition) is 2. The van der Waals surface area contributed by atoms with Crippen LogP contribution in [0.4, 0.5) is 0 Å². The molecule has 100 valence electrons. The second-order valence-corrected chi connectivity index (χ2v) is 5.85. The maximum absolute atomic E-state index is 6.35. The maximum atomic E-state index is 6.35. The second-order valence-electron chi connectivity index (χ2n) is 5.44. The third-order valence-electron chi connectivity index (χ3n) is 3.38. The smallest absolute Gasteiger partial charge is 0.141 e. The number of hydrogen-bond donors (Lipinski definition) is 1. The maximum Gasteiger partial charge on any atom is 0.141 e. The highest BCUT2D eigenvalue weighted by Gasteiger charge is 2.23. The lowest BCUT2D eigenvalue weighted by molar-refractivity contribution is 0.297. The van der Waals surface area contributed by atoms with Gasteiger partial charge in [0.05, 0.1) is 11.6 Å². The van der Waals surface area contributed by atoms with Gasteiger partial charge in [-0.2, -0.15) is 0 Å². The summed E-state index contributed by atoms with van der Waals surface area (Å²) in [7, 11) is 0. The molecule has 1 aromatic rings. The van der Waals surface area contributed by atoms with Gasteiger partial charge in [0, 0.05) is 0 Å². The third-order valence-corrected chi connectivity index (χ3v) is 3.66. The molecule has 0 saturated heterocycles. The first kappa shape index (κ1) is 13.7. The fourth-order valence-electron chi connectivity index (χ4n) is 2.00. The van der Waals surface area contributed by atoms with Crippen LogP contribution in [0.5, 0.6) is 5.75 Å². The van der Waals surface area contributed by atoms with Crippen molar-refractivity contribution in [2.75, 3.05) is 13.2 Å². The SMILES string of the molecule is CC(C)c1cc(Cl)c(OCC2CC2)c(CCN)c1. The predicted molar refractivity (Wildman–Crippen MR) is 76.5 cm³/mol. The van der Waals surface area contributed by atoms with Gasteiger partial charge in [0.1, 0.15) is 5.75 Å². The van der Waals surface area contributed by atoms with Crippen molar-refractivity contribution in [3.8, 4) is 5.75 Å². The number of benzene rings is 1. The van der Waals surface area contributed by atoms with Crippen LogP contribution in [0.15, 0.2) is 12.1 Å². The zero-order valence-electron chi connectivity index (χ0n) is 11.2. The van der Waals surface area contributed by atoms with Gasteiger partial charge in [0.25, 0.3) is 0 Å². The van der Waals surface area contributed by atoms with Gasteiger partial charge in [0.2, 0.25) is 0 Å². The van der Waals surface area contributed by atoms with Gasteiger partial charge >= 0.3 is 0 Å². The summed E-state index contributed by atoms with van der Waals surface area (Å²) in [6, 6.07) is 4.21. The normalized spacial score (nSPS) is 15.2. The molecule has 18 heavy (non-hydrogen) atoms. The molecule has 2 rings (SSSR count). The first-order valence-electron chi connectivity index (χ1n) is 6.77. The van der Waals surface area contributed by atoms with Crippen molar-refractivity contribution in [1.29, 1.82) is 0 Å². The lowest BCUT2D eigenvalue weighted by atomic mass is 9.99. The van der Waals surface area contributed by atoms with Crippen LogP contribution >= 0.6 is 11.6 Å².